The van der Waals surface area contributed by atoms with Crippen LogP contribution in [0.4, 0.5) is 17.5 Å². The summed E-state index contributed by atoms with van der Waals surface area (Å²) in [7, 11) is -3.85. The summed E-state index contributed by atoms with van der Waals surface area (Å²) in [6.07, 6.45) is 1.84. The number of anilines is 3. The number of aliphatic hydroxyl groups is 1. The highest BCUT2D eigenvalue weighted by atomic mass is 32.2. The van der Waals surface area contributed by atoms with Gasteiger partial charge in [-0.3, -0.25) is 5.10 Å². The number of sulfonamides is 1. The lowest BCUT2D eigenvalue weighted by atomic mass is 9.93. The van der Waals surface area contributed by atoms with Gasteiger partial charge in [-0.1, -0.05) is 54.6 Å². The molecule has 8 nitrogen and oxygen atoms in total. The predicted octanol–water partition coefficient (Wildman–Crippen LogP) is 4.71. The molecule has 0 bridgehead atoms. The summed E-state index contributed by atoms with van der Waals surface area (Å²) < 4.78 is 28.9. The van der Waals surface area contributed by atoms with Crippen molar-refractivity contribution in [1.82, 2.24) is 15.2 Å². The Kier molecular flexibility index (Phi) is 6.52. The molecule has 0 spiro atoms. The Hall–Kier alpha value is -3.69. The van der Waals surface area contributed by atoms with E-state index in [2.05, 4.69) is 20.5 Å². The average Bonchev–Trinajstić information content (AvgIpc) is 3.35. The lowest BCUT2D eigenvalue weighted by Gasteiger charge is -2.35. The van der Waals surface area contributed by atoms with E-state index in [1.54, 1.807) is 48.5 Å². The van der Waals surface area contributed by atoms with Gasteiger partial charge in [0.15, 0.2) is 5.82 Å². The van der Waals surface area contributed by atoms with E-state index in [0.717, 1.165) is 11.3 Å². The van der Waals surface area contributed by atoms with E-state index in [1.807, 2.05) is 36.4 Å². The molecule has 9 heteroatoms. The third-order valence-electron chi connectivity index (χ3n) is 6.18. The number of nitrogens with zero attached hydrogens (tertiary/aromatic N) is 3. The van der Waals surface area contributed by atoms with Crippen LogP contribution in [0.3, 0.4) is 0 Å². The van der Waals surface area contributed by atoms with Crippen molar-refractivity contribution in [3.63, 3.8) is 0 Å². The molecule has 1 aliphatic carbocycles. The first kappa shape index (κ1) is 23.1. The van der Waals surface area contributed by atoms with Crippen LogP contribution in [0.15, 0.2) is 89.8 Å². The molecule has 4 aromatic rings. The Morgan fingerprint density at radius 1 is 0.857 bits per heavy atom. The predicted molar refractivity (Wildman–Crippen MR) is 136 cm³/mol. The van der Waals surface area contributed by atoms with Crippen LogP contribution < -0.4 is 9.62 Å². The van der Waals surface area contributed by atoms with Crippen molar-refractivity contribution in [3.8, 4) is 11.3 Å². The first-order valence-electron chi connectivity index (χ1n) is 11.6. The number of nitrogens with one attached hydrogen (secondary N) is 2. The van der Waals surface area contributed by atoms with Crippen molar-refractivity contribution in [3.05, 3.63) is 84.9 Å². The van der Waals surface area contributed by atoms with Gasteiger partial charge in [-0.15, -0.1) is 0 Å². The molecule has 180 valence electrons. The maximum absolute atomic E-state index is 13.7. The van der Waals surface area contributed by atoms with Gasteiger partial charge in [0.05, 0.1) is 16.7 Å². The molecule has 0 radical (unpaired) electrons. The van der Waals surface area contributed by atoms with E-state index in [1.165, 1.54) is 4.31 Å². The number of rotatable bonds is 7. The molecular formula is C26H27N5O3S. The fraction of sp³-hybridized carbons (Fsp3) is 0.231. The van der Waals surface area contributed by atoms with E-state index in [4.69, 9.17) is 0 Å². The Balaban J connectivity index is 1.46. The molecule has 1 saturated carbocycles. The molecular weight excluding hydrogens is 462 g/mol. The third-order valence-corrected chi connectivity index (χ3v) is 8.05. The van der Waals surface area contributed by atoms with Crippen LogP contribution >= 0.6 is 0 Å². The zero-order chi connectivity index (χ0) is 24.3. The monoisotopic (exact) mass is 489 g/mol. The summed E-state index contributed by atoms with van der Waals surface area (Å²) >= 11 is 0. The molecule has 2 aromatic carbocycles. The molecule has 2 heterocycles. The number of H-pyrrole nitrogens is 1. The summed E-state index contributed by atoms with van der Waals surface area (Å²) in [4.78, 5) is 4.87. The van der Waals surface area contributed by atoms with E-state index in [0.29, 0.717) is 43.1 Å². The van der Waals surface area contributed by atoms with Gasteiger partial charge in [-0.25, -0.2) is 17.7 Å². The molecule has 35 heavy (non-hydrogen) atoms. The summed E-state index contributed by atoms with van der Waals surface area (Å²) in [5.74, 6) is 1.39. The van der Waals surface area contributed by atoms with E-state index < -0.39 is 16.1 Å². The molecule has 3 N–H and O–H groups in total. The second-order valence-corrected chi connectivity index (χ2v) is 10.4. The molecule has 1 aliphatic rings. The minimum absolute atomic E-state index is 0.214. The van der Waals surface area contributed by atoms with Crippen LogP contribution in [0.2, 0.25) is 0 Å². The lowest BCUT2D eigenvalue weighted by Crippen LogP contribution is -2.43. The Labute approximate surface area is 204 Å². The van der Waals surface area contributed by atoms with Crippen LogP contribution in [0.25, 0.3) is 11.3 Å². The van der Waals surface area contributed by atoms with Crippen molar-refractivity contribution in [2.24, 2.45) is 0 Å². The summed E-state index contributed by atoms with van der Waals surface area (Å²) in [5, 5.41) is 20.5. The number of hydrogen-bond donors (Lipinski definition) is 3. The molecule has 5 rings (SSSR count). The number of pyridine rings is 1. The highest BCUT2D eigenvalue weighted by Gasteiger charge is 2.35. The van der Waals surface area contributed by atoms with Gasteiger partial charge in [-0.05, 0) is 55.5 Å². The Morgan fingerprint density at radius 3 is 2.26 bits per heavy atom. The fourth-order valence-electron chi connectivity index (χ4n) is 4.40. The van der Waals surface area contributed by atoms with Gasteiger partial charge >= 0.3 is 0 Å². The summed E-state index contributed by atoms with van der Waals surface area (Å²) in [6, 6.07) is 25.1. The van der Waals surface area contributed by atoms with E-state index in [-0.39, 0.29) is 10.9 Å². The van der Waals surface area contributed by atoms with Crippen LogP contribution in [0.1, 0.15) is 25.7 Å². The molecule has 0 saturated heterocycles. The molecule has 0 amide bonds. The van der Waals surface area contributed by atoms with Crippen molar-refractivity contribution < 1.29 is 13.5 Å². The second-order valence-electron chi connectivity index (χ2n) is 8.62. The summed E-state index contributed by atoms with van der Waals surface area (Å²) in [6.45, 7) is 0. The normalized spacial score (nSPS) is 18.2. The standard InChI is InChI=1S/C26H27N5O3S/c32-21-16-14-20(15-17-21)31(35(33,34)22-10-5-2-6-11-22)26-13-7-12-24(28-26)27-25-18-23(29-30-25)19-8-3-1-4-9-19/h1-13,18,20-21,32H,14-17H2,(H2,27,28,29,30). The van der Waals surface area contributed by atoms with Crippen LogP contribution in [-0.2, 0) is 10.0 Å². The van der Waals surface area contributed by atoms with Gasteiger partial charge in [0.25, 0.3) is 10.0 Å². The number of benzene rings is 2. The minimum atomic E-state index is -3.85. The maximum Gasteiger partial charge on any atom is 0.265 e. The SMILES string of the molecule is O=S(=O)(c1ccccc1)N(c1cccc(Nc2cc(-c3ccccc3)[nH]n2)n1)C1CCC(O)CC1. The number of aliphatic hydroxyl groups excluding tert-OH is 1. The van der Waals surface area contributed by atoms with Gasteiger partial charge < -0.3 is 10.4 Å². The molecule has 0 unspecified atom stereocenters. The quantitative estimate of drug-likeness (QED) is 0.347. The molecule has 0 atom stereocenters. The summed E-state index contributed by atoms with van der Waals surface area (Å²) in [5.41, 5.74) is 1.87. The first-order chi connectivity index (χ1) is 17.0. The van der Waals surface area contributed by atoms with Crippen LogP contribution in [0.5, 0.6) is 0 Å². The molecule has 2 aromatic heterocycles. The number of hydrogen-bond acceptors (Lipinski definition) is 6. The Bertz CT molecular complexity index is 1370. The maximum atomic E-state index is 13.7. The van der Waals surface area contributed by atoms with Crippen LogP contribution in [0, 0.1) is 0 Å². The average molecular weight is 490 g/mol. The highest BCUT2D eigenvalue weighted by Crippen LogP contribution is 2.33. The lowest BCUT2D eigenvalue weighted by molar-refractivity contribution is 0.124. The van der Waals surface area contributed by atoms with Crippen molar-refractivity contribution in [2.45, 2.75) is 42.7 Å². The first-order valence-corrected chi connectivity index (χ1v) is 13.1. The number of aromatic nitrogens is 3. The van der Waals surface area contributed by atoms with Gasteiger partial charge in [0, 0.05) is 12.1 Å². The van der Waals surface area contributed by atoms with Crippen molar-refractivity contribution in [1.29, 1.82) is 0 Å². The van der Waals surface area contributed by atoms with E-state index in [9.17, 15) is 13.5 Å². The smallest absolute Gasteiger partial charge is 0.265 e. The van der Waals surface area contributed by atoms with Crippen molar-refractivity contribution in [2.75, 3.05) is 9.62 Å². The Morgan fingerprint density at radius 2 is 1.54 bits per heavy atom. The third kappa shape index (κ3) is 5.06. The minimum Gasteiger partial charge on any atom is -0.393 e. The topological polar surface area (TPSA) is 111 Å². The number of aromatic amines is 1. The largest absolute Gasteiger partial charge is 0.393 e. The zero-order valence-corrected chi connectivity index (χ0v) is 19.9. The zero-order valence-electron chi connectivity index (χ0n) is 19.1. The van der Waals surface area contributed by atoms with Crippen molar-refractivity contribution >= 4 is 27.5 Å². The molecule has 1 fully saturated rings. The van der Waals surface area contributed by atoms with Crippen LogP contribution in [-0.4, -0.2) is 40.9 Å². The van der Waals surface area contributed by atoms with E-state index >= 15 is 0 Å². The van der Waals surface area contributed by atoms with Gasteiger partial charge in [-0.2, -0.15) is 5.10 Å². The molecule has 0 aliphatic heterocycles. The highest BCUT2D eigenvalue weighted by molar-refractivity contribution is 7.92. The van der Waals surface area contributed by atoms with Gasteiger partial charge in [0.1, 0.15) is 11.6 Å². The van der Waals surface area contributed by atoms with Gasteiger partial charge in [0.2, 0.25) is 0 Å². The fourth-order valence-corrected chi connectivity index (χ4v) is 6.08. The second kappa shape index (κ2) is 9.89.